The molecule has 1 aliphatic rings. The van der Waals surface area contributed by atoms with Gasteiger partial charge in [0.05, 0.1) is 46.2 Å². The van der Waals surface area contributed by atoms with Crippen molar-refractivity contribution in [2.24, 2.45) is 56.4 Å². The summed E-state index contributed by atoms with van der Waals surface area (Å²) >= 11 is 0. The molecule has 0 aliphatic carbocycles. The van der Waals surface area contributed by atoms with Crippen molar-refractivity contribution >= 4 is 117 Å². The molecule has 16 bridgehead atoms. The van der Waals surface area contributed by atoms with E-state index in [0.29, 0.717) is 0 Å². The smallest absolute Gasteiger partial charge is 0.291 e. The minimum atomic E-state index is -0.914. The van der Waals surface area contributed by atoms with Gasteiger partial charge in [0, 0.05) is 146 Å². The fraction of sp³-hybridized carbons (Fsp3) is 0.276. The number of hydrogen-bond acceptors (Lipinski definition) is 14. The van der Waals surface area contributed by atoms with Gasteiger partial charge in [-0.3, -0.25) is 57.5 Å². The second-order valence-corrected chi connectivity index (χ2v) is 21.9. The molecular formula is C58H66N22O12. The quantitative estimate of drug-likeness (QED) is 0.117. The molecule has 0 spiro atoms. The van der Waals surface area contributed by atoms with Crippen molar-refractivity contribution in [2.75, 3.05) is 55.6 Å². The Morgan fingerprint density at radius 2 is 0.587 bits per heavy atom. The van der Waals surface area contributed by atoms with Gasteiger partial charge in [0.25, 0.3) is 47.3 Å². The molecule has 12 N–H and O–H groups in total. The average Bonchev–Trinajstić information content (AvgIpc) is 2.17. The molecule has 8 aromatic heterocycles. The number of imidazole rings is 2. The second kappa shape index (κ2) is 26.6. The third-order valence-corrected chi connectivity index (χ3v) is 14.4. The Kier molecular flexibility index (Phi) is 18.6. The van der Waals surface area contributed by atoms with Crippen LogP contribution in [0.1, 0.15) is 111 Å². The van der Waals surface area contributed by atoms with Crippen molar-refractivity contribution in [3.8, 4) is 0 Å². The maximum absolute atomic E-state index is 13.6. The monoisotopic (exact) mass is 1260 g/mol. The van der Waals surface area contributed by atoms with Crippen LogP contribution in [-0.4, -0.2) is 143 Å². The van der Waals surface area contributed by atoms with Crippen LogP contribution in [0.2, 0.25) is 0 Å². The Morgan fingerprint density at radius 1 is 0.348 bits per heavy atom. The van der Waals surface area contributed by atoms with Gasteiger partial charge >= 0.3 is 0 Å². The Labute approximate surface area is 522 Å². The predicted octanol–water partition coefficient (Wildman–Crippen LogP) is 1.54. The number of rotatable bonds is 2. The van der Waals surface area contributed by atoms with Gasteiger partial charge in [-0.2, -0.15) is 0 Å². The summed E-state index contributed by atoms with van der Waals surface area (Å²) in [4.78, 5) is 168. The normalized spacial score (nSPS) is 16.3. The van der Waals surface area contributed by atoms with Gasteiger partial charge in [-0.1, -0.05) is 0 Å². The highest BCUT2D eigenvalue weighted by Crippen LogP contribution is 2.24. The average molecular weight is 1260 g/mol. The highest BCUT2D eigenvalue weighted by Gasteiger charge is 2.27. The summed E-state index contributed by atoms with van der Waals surface area (Å²) in [6.45, 7) is 2.08. The Bertz CT molecular complexity index is 4050. The number of anilines is 8. The van der Waals surface area contributed by atoms with Crippen molar-refractivity contribution in [1.29, 1.82) is 0 Å². The first kappa shape index (κ1) is 64.2. The number of nitrogens with one attached hydrogen (secondary N) is 12. The van der Waals surface area contributed by atoms with Gasteiger partial charge in [0.15, 0.2) is 11.6 Å². The molecule has 8 aromatic rings. The minimum Gasteiger partial charge on any atom is -0.351 e. The lowest BCUT2D eigenvalue weighted by Crippen LogP contribution is -2.45. The second-order valence-electron chi connectivity index (χ2n) is 21.9. The summed E-state index contributed by atoms with van der Waals surface area (Å²) < 4.78 is 11.5. The highest BCUT2D eigenvalue weighted by molar-refractivity contribution is 6.10. The topological polar surface area (TPSA) is 414 Å². The van der Waals surface area contributed by atoms with Gasteiger partial charge in [-0.25, -0.2) is 9.97 Å². The predicted molar refractivity (Wildman–Crippen MR) is 333 cm³/mol. The van der Waals surface area contributed by atoms with Gasteiger partial charge in [0.1, 0.15) is 34.2 Å². The molecule has 0 saturated heterocycles. The van der Waals surface area contributed by atoms with Crippen LogP contribution in [0.4, 0.5) is 45.8 Å². The van der Waals surface area contributed by atoms with Gasteiger partial charge in [0.2, 0.25) is 35.3 Å². The van der Waals surface area contributed by atoms with E-state index >= 15 is 0 Å². The third kappa shape index (κ3) is 15.2. The zero-order valence-electron chi connectivity index (χ0n) is 51.4. The molecule has 0 fully saturated rings. The van der Waals surface area contributed by atoms with Crippen LogP contribution in [0.3, 0.4) is 0 Å². The van der Waals surface area contributed by atoms with Crippen molar-refractivity contribution in [1.82, 2.24) is 67.8 Å². The maximum atomic E-state index is 13.6. The lowest BCUT2D eigenvalue weighted by Gasteiger charge is -2.18. The Balaban J connectivity index is 0.919. The van der Waals surface area contributed by atoms with E-state index in [4.69, 9.17) is 0 Å². The van der Waals surface area contributed by atoms with Crippen LogP contribution in [0, 0.1) is 0 Å². The molecule has 12 amide bonds. The SMILES string of the molecule is CC(=O)N[C@H]1CNC(=O)c2cc(cn2C)NC(=O)c2cc(cn2C)NC(=O)c2cc(cn2C)NC(=O)c2nc(cn2C)NC(=O)C[C@@H](NC(C)=O)CNC(=O)c2cc(cn2C)NC(=O)c2cc(cn2C)NC(=O)c2cc(cn2C)NC(=O)c2nc(cn2C)NC(=O)C1. The van der Waals surface area contributed by atoms with Gasteiger partial charge in [-0.05, 0) is 36.4 Å². The molecule has 0 unspecified atom stereocenters. The number of aryl methyl sites for hydroxylation is 8. The largest absolute Gasteiger partial charge is 0.351 e. The number of nitrogens with zero attached hydrogens (tertiary/aromatic N) is 10. The first-order valence-electron chi connectivity index (χ1n) is 28.2. The van der Waals surface area contributed by atoms with Crippen molar-refractivity contribution < 1.29 is 57.5 Å². The van der Waals surface area contributed by atoms with Crippen LogP contribution in [-0.2, 0) is 75.6 Å². The fourth-order valence-corrected chi connectivity index (χ4v) is 10.2. The number of carbonyl (C=O) groups is 12. The summed E-state index contributed by atoms with van der Waals surface area (Å²) in [6.07, 6.45) is 11.1. The van der Waals surface area contributed by atoms with Crippen LogP contribution in [0.15, 0.2) is 86.0 Å². The Hall–Kier alpha value is -12.3. The first-order chi connectivity index (χ1) is 43.5. The third-order valence-electron chi connectivity index (χ3n) is 14.4. The number of fused-ring (bicyclic) bond motifs is 16. The molecule has 9 heterocycles. The summed E-state index contributed by atoms with van der Waals surface area (Å²) in [6, 6.07) is 6.71. The van der Waals surface area contributed by atoms with E-state index in [1.165, 1.54) is 150 Å². The van der Waals surface area contributed by atoms with Crippen molar-refractivity contribution in [3.63, 3.8) is 0 Å². The van der Waals surface area contributed by atoms with E-state index in [1.54, 1.807) is 42.3 Å². The minimum absolute atomic E-state index is 0.00768. The van der Waals surface area contributed by atoms with Crippen LogP contribution < -0.4 is 63.8 Å². The molecule has 0 radical (unpaired) electrons. The van der Waals surface area contributed by atoms with Crippen LogP contribution in [0.5, 0.6) is 0 Å². The summed E-state index contributed by atoms with van der Waals surface area (Å²) in [7, 11) is 12.5. The molecule has 0 aromatic carbocycles. The molecule has 34 heteroatoms. The zero-order chi connectivity index (χ0) is 66.6. The zero-order valence-corrected chi connectivity index (χ0v) is 51.4. The molecule has 34 nitrogen and oxygen atoms in total. The van der Waals surface area contributed by atoms with Crippen LogP contribution in [0.25, 0.3) is 0 Å². The van der Waals surface area contributed by atoms with Gasteiger partial charge in [-0.15, -0.1) is 0 Å². The molecule has 2 atom stereocenters. The number of hydrogen-bond donors (Lipinski definition) is 12. The van der Waals surface area contributed by atoms with E-state index in [2.05, 4.69) is 73.8 Å². The standard InChI is InChI=1S/C58H66N22O12/c1-29(81)61-31-17-47(83)69-45-27-79(9)49(71-45)57(91)67-37-15-43(77(7)25-37)55(89)66-36-14-42(76(6)24-36)54(88)64-34-12-40(74(4)22-34)52(86)60-20-32(62-30(2)82)18-48(84)70-46-28-80(10)50(72-46)58(92)68-38-16-44(78(8)26-38)56(90)65-35-13-41(75(5)23-35)53(87)63-33-11-39(73(3)21-33)51(85)59-19-31/h11-16,21-28,31-32H,17-20H2,1-10H3,(H,59,85)(H,60,86)(H,61,81)(H,62,82)(H,63,87)(H,64,88)(H,65,90)(H,66,89)(H,67,91)(H,68,92)(H,69,83)(H,70,84)/t31-,32-/m1/s1. The molecule has 480 valence electrons. The molecule has 0 saturated carbocycles. The number of carbonyl (C=O) groups excluding carboxylic acids is 12. The fourth-order valence-electron chi connectivity index (χ4n) is 10.2. The van der Waals surface area contributed by atoms with E-state index in [-0.39, 0.29) is 118 Å². The first-order valence-corrected chi connectivity index (χ1v) is 28.2. The van der Waals surface area contributed by atoms with E-state index in [1.807, 2.05) is 0 Å². The molecule has 9 rings (SSSR count). The number of aromatic nitrogens is 10. The highest BCUT2D eigenvalue weighted by atomic mass is 16.2. The lowest BCUT2D eigenvalue weighted by molar-refractivity contribution is -0.122. The van der Waals surface area contributed by atoms with E-state index < -0.39 is 83.0 Å². The van der Waals surface area contributed by atoms with Crippen molar-refractivity contribution in [2.45, 2.75) is 38.8 Å². The lowest BCUT2D eigenvalue weighted by atomic mass is 10.2. The molecular weight excluding hydrogens is 1200 g/mol. The maximum Gasteiger partial charge on any atom is 0.291 e. The van der Waals surface area contributed by atoms with E-state index in [9.17, 15) is 57.5 Å². The Morgan fingerprint density at radius 3 is 0.837 bits per heavy atom. The number of amides is 12. The summed E-state index contributed by atoms with van der Waals surface area (Å²) in [5.41, 5.74) is 2.10. The van der Waals surface area contributed by atoms with E-state index in [0.717, 1.165) is 0 Å². The summed E-state index contributed by atoms with van der Waals surface area (Å²) in [5, 5.41) is 32.3. The van der Waals surface area contributed by atoms with Crippen molar-refractivity contribution in [3.05, 3.63) is 132 Å². The van der Waals surface area contributed by atoms with Crippen LogP contribution >= 0.6 is 0 Å². The molecule has 92 heavy (non-hydrogen) atoms. The molecule has 1 aliphatic heterocycles. The van der Waals surface area contributed by atoms with Gasteiger partial charge < -0.3 is 100 Å². The summed E-state index contributed by atoms with van der Waals surface area (Å²) in [5.74, 6) is -7.47.